The number of nitrogens with one attached hydrogen (secondary N) is 1. The summed E-state index contributed by atoms with van der Waals surface area (Å²) in [6.07, 6.45) is 0. The number of amides is 1. The number of hydrogen-bond donors (Lipinski definition) is 1. The number of hydrogen-bond acceptors (Lipinski definition) is 3. The maximum Gasteiger partial charge on any atom is 0.255 e. The lowest BCUT2D eigenvalue weighted by Gasteiger charge is -2.15. The number of para-hydroxylation sites is 1. The Labute approximate surface area is 154 Å². The smallest absolute Gasteiger partial charge is 0.255 e. The molecule has 0 aliphatic carbocycles. The minimum atomic E-state index is -0.250. The highest BCUT2D eigenvalue weighted by Crippen LogP contribution is 2.34. The molecule has 2 aromatic carbocycles. The lowest BCUT2D eigenvalue weighted by atomic mass is 10.1. The maximum absolute atomic E-state index is 12.5. The number of rotatable bonds is 6. The first kappa shape index (κ1) is 17.9. The first-order valence-corrected chi connectivity index (χ1v) is 8.67. The van der Waals surface area contributed by atoms with Crippen LogP contribution in [-0.4, -0.2) is 19.1 Å². The summed E-state index contributed by atoms with van der Waals surface area (Å²) in [5.41, 5.74) is 1.06. The van der Waals surface area contributed by atoms with Gasteiger partial charge in [-0.15, -0.1) is 0 Å². The number of carbonyl (C=O) groups excluding carboxylic acids is 1. The van der Waals surface area contributed by atoms with Gasteiger partial charge >= 0.3 is 0 Å². The summed E-state index contributed by atoms with van der Waals surface area (Å²) < 4.78 is 12.0. The van der Waals surface area contributed by atoms with Gasteiger partial charge in [-0.05, 0) is 60.7 Å². The van der Waals surface area contributed by atoms with Gasteiger partial charge in [-0.1, -0.05) is 23.7 Å². The first-order valence-electron chi connectivity index (χ1n) is 7.21. The Hall–Kier alpha value is -1.47. The summed E-state index contributed by atoms with van der Waals surface area (Å²) in [4.78, 5) is 12.5. The molecule has 2 rings (SSSR count). The average Bonchev–Trinajstić information content (AvgIpc) is 2.53. The van der Waals surface area contributed by atoms with E-state index in [0.717, 1.165) is 3.57 Å². The second-order valence-electron chi connectivity index (χ2n) is 4.59. The standard InChI is InChI=1S/C17H17ClINO3/c1-3-22-15-10-11(9-13(19)16(15)23-4-2)17(21)20-14-8-6-5-7-12(14)18/h5-10H,3-4H2,1-2H3,(H,20,21). The van der Waals surface area contributed by atoms with Crippen molar-refractivity contribution in [1.82, 2.24) is 0 Å². The van der Waals surface area contributed by atoms with Crippen LogP contribution in [0.15, 0.2) is 36.4 Å². The van der Waals surface area contributed by atoms with Crippen LogP contribution in [0.2, 0.25) is 5.02 Å². The Morgan fingerprint density at radius 2 is 1.87 bits per heavy atom. The summed E-state index contributed by atoms with van der Waals surface area (Å²) in [6.45, 7) is 4.82. The Kier molecular flexibility index (Phi) is 6.53. The molecule has 0 aromatic heterocycles. The van der Waals surface area contributed by atoms with Crippen LogP contribution in [0.5, 0.6) is 11.5 Å². The van der Waals surface area contributed by atoms with Gasteiger partial charge in [-0.3, -0.25) is 4.79 Å². The monoisotopic (exact) mass is 445 g/mol. The van der Waals surface area contributed by atoms with E-state index in [1.807, 2.05) is 26.0 Å². The SMILES string of the molecule is CCOc1cc(C(=O)Nc2ccccc2Cl)cc(I)c1OCC. The van der Waals surface area contributed by atoms with Crippen LogP contribution in [0.1, 0.15) is 24.2 Å². The van der Waals surface area contributed by atoms with Crippen molar-refractivity contribution >= 4 is 45.8 Å². The maximum atomic E-state index is 12.5. The fraction of sp³-hybridized carbons (Fsp3) is 0.235. The number of halogens is 2. The Balaban J connectivity index is 2.31. The highest BCUT2D eigenvalue weighted by molar-refractivity contribution is 14.1. The van der Waals surface area contributed by atoms with E-state index >= 15 is 0 Å². The molecule has 0 aliphatic rings. The van der Waals surface area contributed by atoms with Gasteiger partial charge in [-0.2, -0.15) is 0 Å². The summed E-state index contributed by atoms with van der Waals surface area (Å²) in [6, 6.07) is 10.6. The van der Waals surface area contributed by atoms with Crippen LogP contribution in [0, 0.1) is 3.57 Å². The van der Waals surface area contributed by atoms with E-state index in [9.17, 15) is 4.79 Å². The number of anilines is 1. The molecule has 0 saturated carbocycles. The van der Waals surface area contributed by atoms with Crippen molar-refractivity contribution in [1.29, 1.82) is 0 Å². The predicted molar refractivity (Wildman–Crippen MR) is 101 cm³/mol. The Morgan fingerprint density at radius 3 is 2.52 bits per heavy atom. The van der Waals surface area contributed by atoms with E-state index in [0.29, 0.717) is 41.0 Å². The van der Waals surface area contributed by atoms with Crippen molar-refractivity contribution in [2.45, 2.75) is 13.8 Å². The zero-order valence-electron chi connectivity index (χ0n) is 12.9. The lowest BCUT2D eigenvalue weighted by Crippen LogP contribution is -2.13. The van der Waals surface area contributed by atoms with Crippen LogP contribution < -0.4 is 14.8 Å². The van der Waals surface area contributed by atoms with Crippen molar-refractivity contribution in [2.24, 2.45) is 0 Å². The molecule has 0 aliphatic heterocycles. The zero-order chi connectivity index (χ0) is 16.8. The van der Waals surface area contributed by atoms with Crippen LogP contribution in [0.25, 0.3) is 0 Å². The van der Waals surface area contributed by atoms with Gasteiger partial charge in [0.1, 0.15) is 0 Å². The molecule has 6 heteroatoms. The Bertz CT molecular complexity index is 706. The minimum absolute atomic E-state index is 0.250. The van der Waals surface area contributed by atoms with Gasteiger partial charge < -0.3 is 14.8 Å². The van der Waals surface area contributed by atoms with Crippen molar-refractivity contribution < 1.29 is 14.3 Å². The number of benzene rings is 2. The summed E-state index contributed by atoms with van der Waals surface area (Å²) in [7, 11) is 0. The molecule has 0 fully saturated rings. The van der Waals surface area contributed by atoms with Crippen molar-refractivity contribution in [2.75, 3.05) is 18.5 Å². The quantitative estimate of drug-likeness (QED) is 0.637. The van der Waals surface area contributed by atoms with Crippen molar-refractivity contribution in [3.63, 3.8) is 0 Å². The molecule has 2 aromatic rings. The summed E-state index contributed by atoms with van der Waals surface area (Å²) in [5, 5.41) is 3.30. The van der Waals surface area contributed by atoms with E-state index in [1.54, 1.807) is 24.3 Å². The molecule has 0 saturated heterocycles. The van der Waals surface area contributed by atoms with Crippen LogP contribution in [0.4, 0.5) is 5.69 Å². The fourth-order valence-electron chi connectivity index (χ4n) is 2.00. The topological polar surface area (TPSA) is 47.6 Å². The highest BCUT2D eigenvalue weighted by atomic mass is 127. The van der Waals surface area contributed by atoms with E-state index in [2.05, 4.69) is 27.9 Å². The third-order valence-electron chi connectivity index (χ3n) is 2.98. The van der Waals surface area contributed by atoms with Gasteiger partial charge in [-0.25, -0.2) is 0 Å². The molecule has 0 atom stereocenters. The van der Waals surface area contributed by atoms with Gasteiger partial charge in [0.25, 0.3) is 5.91 Å². The molecule has 23 heavy (non-hydrogen) atoms. The molecule has 1 N–H and O–H groups in total. The van der Waals surface area contributed by atoms with Gasteiger partial charge in [0, 0.05) is 5.56 Å². The lowest BCUT2D eigenvalue weighted by molar-refractivity contribution is 0.102. The van der Waals surface area contributed by atoms with E-state index in [1.165, 1.54) is 0 Å². The third-order valence-corrected chi connectivity index (χ3v) is 4.11. The molecule has 1 amide bonds. The van der Waals surface area contributed by atoms with Crippen LogP contribution >= 0.6 is 34.2 Å². The largest absolute Gasteiger partial charge is 0.490 e. The number of carbonyl (C=O) groups is 1. The summed E-state index contributed by atoms with van der Waals surface area (Å²) in [5.74, 6) is 0.967. The first-order chi connectivity index (χ1) is 11.1. The van der Waals surface area contributed by atoms with Crippen LogP contribution in [-0.2, 0) is 0 Å². The fourth-order valence-corrected chi connectivity index (χ4v) is 2.94. The molecule has 4 nitrogen and oxygen atoms in total. The zero-order valence-corrected chi connectivity index (χ0v) is 15.8. The average molecular weight is 446 g/mol. The molecule has 0 bridgehead atoms. The third kappa shape index (κ3) is 4.51. The normalized spacial score (nSPS) is 10.3. The second-order valence-corrected chi connectivity index (χ2v) is 6.15. The highest BCUT2D eigenvalue weighted by Gasteiger charge is 2.16. The van der Waals surface area contributed by atoms with Crippen LogP contribution in [0.3, 0.4) is 0 Å². The van der Waals surface area contributed by atoms with Gasteiger partial charge in [0.05, 0.1) is 27.5 Å². The van der Waals surface area contributed by atoms with Gasteiger partial charge in [0.15, 0.2) is 11.5 Å². The molecule has 0 radical (unpaired) electrons. The molecule has 0 heterocycles. The van der Waals surface area contributed by atoms with E-state index in [4.69, 9.17) is 21.1 Å². The summed E-state index contributed by atoms with van der Waals surface area (Å²) >= 11 is 8.21. The van der Waals surface area contributed by atoms with E-state index in [-0.39, 0.29) is 5.91 Å². The molecule has 0 spiro atoms. The predicted octanol–water partition coefficient (Wildman–Crippen LogP) is 4.99. The molecular formula is C17H17ClINO3. The Morgan fingerprint density at radius 1 is 1.17 bits per heavy atom. The molecular weight excluding hydrogens is 429 g/mol. The molecule has 122 valence electrons. The van der Waals surface area contributed by atoms with Crippen molar-refractivity contribution in [3.05, 3.63) is 50.6 Å². The number of ether oxygens (including phenoxy) is 2. The molecule has 0 unspecified atom stereocenters. The van der Waals surface area contributed by atoms with Crippen molar-refractivity contribution in [3.8, 4) is 11.5 Å². The van der Waals surface area contributed by atoms with E-state index < -0.39 is 0 Å². The van der Waals surface area contributed by atoms with Gasteiger partial charge in [0.2, 0.25) is 0 Å². The minimum Gasteiger partial charge on any atom is -0.490 e. The second kappa shape index (κ2) is 8.40.